The average Bonchev–Trinajstić information content (AvgIpc) is 2.28. The maximum Gasteiger partial charge on any atom is 0.125 e. The number of allylic oxidation sites excluding steroid dienone is 5. The first-order valence-electron chi connectivity index (χ1n) is 5.62. The molecule has 0 aliphatic rings. The molecule has 0 aromatic heterocycles. The van der Waals surface area contributed by atoms with Crippen LogP contribution in [-0.4, -0.2) is 14.3 Å². The van der Waals surface area contributed by atoms with E-state index in [1.165, 1.54) is 25.6 Å². The van der Waals surface area contributed by atoms with Crippen LogP contribution in [0, 0.1) is 0 Å². The van der Waals surface area contributed by atoms with E-state index in [4.69, 9.17) is 0 Å². The van der Waals surface area contributed by atoms with Gasteiger partial charge in [0.15, 0.2) is 0 Å². The zero-order valence-electron chi connectivity index (χ0n) is 10.1. The molecular weight excluding hydrogens is 181 g/mol. The Morgan fingerprint density at radius 2 is 2.00 bits per heavy atom. The van der Waals surface area contributed by atoms with Crippen molar-refractivity contribution in [2.75, 3.05) is 7.05 Å². The van der Waals surface area contributed by atoms with Crippen LogP contribution in [0.2, 0.25) is 12.6 Å². The van der Waals surface area contributed by atoms with E-state index in [0.29, 0.717) is 0 Å². The molecule has 0 aromatic carbocycles. The molecule has 0 saturated carbocycles. The Morgan fingerprint density at radius 1 is 1.27 bits per heavy atom. The predicted octanol–water partition coefficient (Wildman–Crippen LogP) is 3.07. The van der Waals surface area contributed by atoms with Crippen LogP contribution < -0.4 is 5.32 Å². The van der Waals surface area contributed by atoms with E-state index in [1.807, 2.05) is 25.3 Å². The van der Waals surface area contributed by atoms with Gasteiger partial charge in [-0.3, -0.25) is 0 Å². The molecule has 82 valence electrons. The van der Waals surface area contributed by atoms with Gasteiger partial charge in [0.2, 0.25) is 0 Å². The molecule has 0 unspecified atom stereocenters. The first-order chi connectivity index (χ1) is 7.28. The van der Waals surface area contributed by atoms with Crippen LogP contribution >= 0.6 is 0 Å². The van der Waals surface area contributed by atoms with Gasteiger partial charge in [0.25, 0.3) is 0 Å². The largest absolute Gasteiger partial charge is 0.388 e. The molecule has 0 aliphatic heterocycles. The van der Waals surface area contributed by atoms with E-state index in [2.05, 4.69) is 31.5 Å². The van der Waals surface area contributed by atoms with Gasteiger partial charge >= 0.3 is 0 Å². The Bertz CT molecular complexity index is 251. The van der Waals surface area contributed by atoms with Gasteiger partial charge in [0.05, 0.1) is 0 Å². The molecule has 1 nitrogen and oxygen atoms in total. The van der Waals surface area contributed by atoms with Crippen LogP contribution in [0.1, 0.15) is 13.3 Å². The zero-order chi connectivity index (χ0) is 11.5. The Labute approximate surface area is 94.9 Å². The third-order valence-electron chi connectivity index (χ3n) is 2.32. The van der Waals surface area contributed by atoms with Crippen LogP contribution in [0.3, 0.4) is 0 Å². The molecule has 0 amide bonds. The molecule has 0 radical (unpaired) electrons. The Balaban J connectivity index is 4.25. The van der Waals surface area contributed by atoms with Crippen LogP contribution in [0.15, 0.2) is 48.7 Å². The first kappa shape index (κ1) is 13.8. The van der Waals surface area contributed by atoms with Crippen molar-refractivity contribution in [2.45, 2.75) is 26.0 Å². The van der Waals surface area contributed by atoms with E-state index in [1.54, 1.807) is 0 Å². The fourth-order valence-corrected chi connectivity index (χ4v) is 1.28. The lowest BCUT2D eigenvalue weighted by Crippen LogP contribution is -2.01. The number of hydrogen-bond donors (Lipinski definition) is 1. The van der Waals surface area contributed by atoms with Crippen molar-refractivity contribution in [1.82, 2.24) is 5.32 Å². The molecule has 1 N–H and O–H groups in total. The summed E-state index contributed by atoms with van der Waals surface area (Å²) in [6, 6.07) is 0. The van der Waals surface area contributed by atoms with Gasteiger partial charge in [-0.05, 0) is 12.2 Å². The van der Waals surface area contributed by atoms with Gasteiger partial charge in [0, 0.05) is 12.7 Å². The summed E-state index contributed by atoms with van der Waals surface area (Å²) in [5.74, 6) is 0. The summed E-state index contributed by atoms with van der Waals surface area (Å²) < 4.78 is 0. The van der Waals surface area contributed by atoms with Crippen molar-refractivity contribution >= 4 is 7.28 Å². The highest BCUT2D eigenvalue weighted by Crippen LogP contribution is 2.06. The second-order valence-corrected chi connectivity index (χ2v) is 3.48. The van der Waals surface area contributed by atoms with Crippen molar-refractivity contribution in [2.24, 2.45) is 0 Å². The van der Waals surface area contributed by atoms with Crippen LogP contribution in [0.25, 0.3) is 0 Å². The molecule has 2 heteroatoms. The molecule has 15 heavy (non-hydrogen) atoms. The molecule has 0 atom stereocenters. The lowest BCUT2D eigenvalue weighted by Gasteiger charge is -2.00. The van der Waals surface area contributed by atoms with Crippen molar-refractivity contribution in [1.29, 1.82) is 0 Å². The third kappa shape index (κ3) is 6.84. The summed E-state index contributed by atoms with van der Waals surface area (Å²) in [5, 5.41) is 3.06. The van der Waals surface area contributed by atoms with Crippen LogP contribution in [0.4, 0.5) is 0 Å². The van der Waals surface area contributed by atoms with Gasteiger partial charge in [-0.1, -0.05) is 56.9 Å². The monoisotopic (exact) mass is 203 g/mol. The summed E-state index contributed by atoms with van der Waals surface area (Å²) in [6.07, 6.45) is 11.5. The summed E-state index contributed by atoms with van der Waals surface area (Å²) in [5.41, 5.74) is 2.32. The maximum absolute atomic E-state index is 3.83. The minimum absolute atomic E-state index is 1.03. The highest BCUT2D eigenvalue weighted by atomic mass is 14.8. The van der Waals surface area contributed by atoms with E-state index < -0.39 is 0 Å². The molecule has 0 saturated heterocycles. The van der Waals surface area contributed by atoms with Gasteiger partial charge in [-0.25, -0.2) is 0 Å². The Kier molecular flexibility index (Phi) is 8.65. The first-order valence-corrected chi connectivity index (χ1v) is 5.62. The molecule has 0 spiro atoms. The molecule has 0 rings (SSSR count). The van der Waals surface area contributed by atoms with Crippen LogP contribution in [-0.2, 0) is 0 Å². The van der Waals surface area contributed by atoms with Gasteiger partial charge in [-0.15, -0.1) is 0 Å². The molecule has 0 aliphatic carbocycles. The highest BCUT2D eigenvalue weighted by molar-refractivity contribution is 6.36. The van der Waals surface area contributed by atoms with Crippen molar-refractivity contribution < 1.29 is 0 Å². The van der Waals surface area contributed by atoms with E-state index in [-0.39, 0.29) is 0 Å². The summed E-state index contributed by atoms with van der Waals surface area (Å²) in [7, 11) is 3.14. The van der Waals surface area contributed by atoms with Crippen molar-refractivity contribution in [3.8, 4) is 0 Å². The topological polar surface area (TPSA) is 12.0 Å². The quantitative estimate of drug-likeness (QED) is 0.363. The number of likely N-dealkylation sites (N-methyl/N-ethyl adjacent to an activating group) is 1. The standard InChI is InChI=1S/C13H22BN/c1-5-10-14-11-12(6-2)8-9-13(7-3)15-4/h6-9,14-15H,2-3,5,10-11H2,1,4H3/b12-8+,13-9+. The second kappa shape index (κ2) is 9.38. The molecule has 0 heterocycles. The third-order valence-corrected chi connectivity index (χ3v) is 2.32. The second-order valence-electron chi connectivity index (χ2n) is 3.48. The molecule has 0 bridgehead atoms. The fourth-order valence-electron chi connectivity index (χ4n) is 1.28. The van der Waals surface area contributed by atoms with Crippen molar-refractivity contribution in [3.63, 3.8) is 0 Å². The minimum Gasteiger partial charge on any atom is -0.388 e. The zero-order valence-corrected chi connectivity index (χ0v) is 10.1. The summed E-state index contributed by atoms with van der Waals surface area (Å²) >= 11 is 0. The highest BCUT2D eigenvalue weighted by Gasteiger charge is 1.93. The van der Waals surface area contributed by atoms with E-state index >= 15 is 0 Å². The van der Waals surface area contributed by atoms with E-state index in [9.17, 15) is 0 Å². The van der Waals surface area contributed by atoms with Gasteiger partial charge < -0.3 is 5.32 Å². The Morgan fingerprint density at radius 3 is 2.47 bits per heavy atom. The molecular formula is C13H22BN. The normalized spacial score (nSPS) is 12.1. The fraction of sp³-hybridized carbons (Fsp3) is 0.385. The SMILES string of the molecule is C=C/C(=C\C=C(/C=C)NC)CBCCC. The Hall–Kier alpha value is -1.18. The smallest absolute Gasteiger partial charge is 0.125 e. The average molecular weight is 203 g/mol. The predicted molar refractivity (Wildman–Crippen MR) is 72.7 cm³/mol. The van der Waals surface area contributed by atoms with Crippen molar-refractivity contribution in [3.05, 3.63) is 48.7 Å². The van der Waals surface area contributed by atoms with Gasteiger partial charge in [-0.2, -0.15) is 0 Å². The lowest BCUT2D eigenvalue weighted by atomic mass is 9.68. The maximum atomic E-state index is 3.83. The van der Waals surface area contributed by atoms with E-state index in [0.717, 1.165) is 12.0 Å². The summed E-state index contributed by atoms with van der Waals surface area (Å²) in [6.45, 7) is 9.77. The minimum atomic E-state index is 1.03. The molecule has 0 aromatic rings. The van der Waals surface area contributed by atoms with Crippen LogP contribution in [0.5, 0.6) is 0 Å². The summed E-state index contributed by atoms with van der Waals surface area (Å²) in [4.78, 5) is 0. The lowest BCUT2D eigenvalue weighted by molar-refractivity contribution is 1.03. The molecule has 0 fully saturated rings. The number of nitrogens with one attached hydrogen (secondary N) is 1. The number of rotatable bonds is 8. The van der Waals surface area contributed by atoms with Gasteiger partial charge in [0.1, 0.15) is 7.28 Å². The number of hydrogen-bond acceptors (Lipinski definition) is 1.